The molecule has 38 heavy (non-hydrogen) atoms. The molecule has 0 saturated carbocycles. The smallest absolute Gasteiger partial charge is 0.294 e. The number of hydrogen-bond acceptors (Lipinski definition) is 7. The molecule has 0 radical (unpaired) electrons. The Labute approximate surface area is 225 Å². The maximum absolute atomic E-state index is 13.7. The van der Waals surface area contributed by atoms with Crippen molar-refractivity contribution in [3.63, 3.8) is 0 Å². The van der Waals surface area contributed by atoms with E-state index in [1.54, 1.807) is 6.92 Å². The van der Waals surface area contributed by atoms with E-state index in [9.17, 15) is 27.2 Å². The van der Waals surface area contributed by atoms with E-state index in [-0.39, 0.29) is 67.8 Å². The standard InChI is InChI=1S/C25H29ClFN3O7S/c1-3-36-22-20-17(8-11-29(23(20)31)15-16-6-7-19(27)18(26)14-16)21-24(32)28(12-13-37-38(2,34)35)9-4-5-10-30(21)25(22)33/h6-7,14H,3-5,8-13,15H2,1-2H3. The van der Waals surface area contributed by atoms with Crippen molar-refractivity contribution in [2.45, 2.75) is 39.3 Å². The van der Waals surface area contributed by atoms with Gasteiger partial charge in [0, 0.05) is 38.3 Å². The molecule has 0 aliphatic carbocycles. The van der Waals surface area contributed by atoms with Gasteiger partial charge in [0.1, 0.15) is 11.5 Å². The molecule has 0 saturated heterocycles. The lowest BCUT2D eigenvalue weighted by molar-refractivity contribution is 0.0691. The highest BCUT2D eigenvalue weighted by Gasteiger charge is 2.37. The lowest BCUT2D eigenvalue weighted by Gasteiger charge is -2.34. The summed E-state index contributed by atoms with van der Waals surface area (Å²) in [6.45, 7) is 2.65. The quantitative estimate of drug-likeness (QED) is 0.448. The van der Waals surface area contributed by atoms with Gasteiger partial charge in [-0.1, -0.05) is 17.7 Å². The molecule has 2 aliphatic rings. The third kappa shape index (κ3) is 5.87. The topological polar surface area (TPSA) is 115 Å². The van der Waals surface area contributed by atoms with Crippen LogP contribution in [0.25, 0.3) is 0 Å². The average Bonchev–Trinajstić information content (AvgIpc) is 2.84. The molecule has 206 valence electrons. The van der Waals surface area contributed by atoms with Gasteiger partial charge in [-0.05, 0) is 43.9 Å². The number of hydrogen-bond donors (Lipinski definition) is 0. The van der Waals surface area contributed by atoms with E-state index in [4.69, 9.17) is 20.5 Å². The van der Waals surface area contributed by atoms with E-state index in [0.717, 1.165) is 6.26 Å². The number of carbonyl (C=O) groups excluding carboxylic acids is 2. The Bertz CT molecular complexity index is 1430. The van der Waals surface area contributed by atoms with Crippen molar-refractivity contribution in [2.24, 2.45) is 0 Å². The van der Waals surface area contributed by atoms with Crippen LogP contribution in [0.2, 0.25) is 5.02 Å². The first-order valence-corrected chi connectivity index (χ1v) is 14.5. The summed E-state index contributed by atoms with van der Waals surface area (Å²) in [6.07, 6.45) is 2.41. The van der Waals surface area contributed by atoms with Crippen molar-refractivity contribution in [2.75, 3.05) is 39.1 Å². The summed E-state index contributed by atoms with van der Waals surface area (Å²) >= 11 is 5.91. The Hall–Kier alpha value is -2.96. The second-order valence-corrected chi connectivity index (χ2v) is 11.2. The monoisotopic (exact) mass is 569 g/mol. The van der Waals surface area contributed by atoms with Gasteiger partial charge < -0.3 is 19.1 Å². The fraction of sp³-hybridized carbons (Fsp3) is 0.480. The van der Waals surface area contributed by atoms with Crippen molar-refractivity contribution in [1.82, 2.24) is 14.4 Å². The Balaban J connectivity index is 1.75. The van der Waals surface area contributed by atoms with Gasteiger partial charge in [-0.2, -0.15) is 8.42 Å². The van der Waals surface area contributed by atoms with Crippen LogP contribution in [-0.2, 0) is 33.8 Å². The van der Waals surface area contributed by atoms with Crippen molar-refractivity contribution in [1.29, 1.82) is 0 Å². The third-order valence-corrected chi connectivity index (χ3v) is 7.40. The summed E-state index contributed by atoms with van der Waals surface area (Å²) in [5.41, 5.74) is 0.631. The molecule has 2 aromatic rings. The SMILES string of the molecule is CCOc1c2c(c3n(c1=O)CCCCN(CCOS(C)(=O)=O)C3=O)CCN(Cc1ccc(F)c(Cl)c1)C2=O. The van der Waals surface area contributed by atoms with E-state index < -0.39 is 33.3 Å². The van der Waals surface area contributed by atoms with E-state index in [2.05, 4.69) is 0 Å². The highest BCUT2D eigenvalue weighted by Crippen LogP contribution is 2.31. The molecule has 0 fully saturated rings. The van der Waals surface area contributed by atoms with Crippen molar-refractivity contribution < 1.29 is 31.3 Å². The summed E-state index contributed by atoms with van der Waals surface area (Å²) in [7, 11) is -3.69. The van der Waals surface area contributed by atoms with Gasteiger partial charge in [-0.3, -0.25) is 18.6 Å². The van der Waals surface area contributed by atoms with Crippen LogP contribution in [0.5, 0.6) is 5.75 Å². The normalized spacial score (nSPS) is 16.1. The number of pyridine rings is 1. The second-order valence-electron chi connectivity index (χ2n) is 9.17. The molecule has 0 N–H and O–H groups in total. The number of ether oxygens (including phenoxy) is 1. The minimum Gasteiger partial charge on any atom is -0.488 e. The molecule has 0 atom stereocenters. The minimum atomic E-state index is -3.69. The second kappa shape index (κ2) is 11.4. The summed E-state index contributed by atoms with van der Waals surface area (Å²) < 4.78 is 48.3. The average molecular weight is 570 g/mol. The fourth-order valence-corrected chi connectivity index (χ4v) is 5.39. The molecule has 2 amide bonds. The summed E-state index contributed by atoms with van der Waals surface area (Å²) in [6, 6.07) is 4.20. The molecule has 10 nitrogen and oxygen atoms in total. The van der Waals surface area contributed by atoms with Gasteiger partial charge in [-0.15, -0.1) is 0 Å². The maximum atomic E-state index is 13.7. The van der Waals surface area contributed by atoms with Gasteiger partial charge in [0.05, 0.1) is 30.1 Å². The number of halogens is 2. The molecule has 0 bridgehead atoms. The van der Waals surface area contributed by atoms with Crippen LogP contribution in [0, 0.1) is 5.82 Å². The maximum Gasteiger partial charge on any atom is 0.294 e. The van der Waals surface area contributed by atoms with E-state index in [1.165, 1.54) is 32.6 Å². The first-order chi connectivity index (χ1) is 18.0. The summed E-state index contributed by atoms with van der Waals surface area (Å²) in [5.74, 6) is -1.61. The van der Waals surface area contributed by atoms with Crippen molar-refractivity contribution >= 4 is 33.5 Å². The molecular weight excluding hydrogens is 541 g/mol. The Morgan fingerprint density at radius 2 is 1.79 bits per heavy atom. The molecule has 13 heteroatoms. The zero-order valence-corrected chi connectivity index (χ0v) is 22.7. The van der Waals surface area contributed by atoms with Crippen LogP contribution in [0.3, 0.4) is 0 Å². The molecule has 2 aliphatic heterocycles. The Morgan fingerprint density at radius 3 is 2.47 bits per heavy atom. The number of nitrogens with zero attached hydrogens (tertiary/aromatic N) is 3. The fourth-order valence-electron chi connectivity index (χ4n) is 4.81. The van der Waals surface area contributed by atoms with Crippen LogP contribution >= 0.6 is 11.6 Å². The lowest BCUT2D eigenvalue weighted by atomic mass is 9.94. The van der Waals surface area contributed by atoms with Gasteiger partial charge >= 0.3 is 0 Å². The molecule has 1 aromatic heterocycles. The third-order valence-electron chi connectivity index (χ3n) is 6.51. The van der Waals surface area contributed by atoms with Gasteiger partial charge in [0.15, 0.2) is 5.75 Å². The van der Waals surface area contributed by atoms with E-state index in [0.29, 0.717) is 30.5 Å². The highest BCUT2D eigenvalue weighted by atomic mass is 35.5. The Morgan fingerprint density at radius 1 is 1.05 bits per heavy atom. The number of benzene rings is 1. The van der Waals surface area contributed by atoms with Crippen LogP contribution in [0.15, 0.2) is 23.0 Å². The van der Waals surface area contributed by atoms with Gasteiger partial charge in [0.25, 0.3) is 27.5 Å². The predicted octanol–water partition coefficient (Wildman–Crippen LogP) is 2.45. The molecule has 0 unspecified atom stereocenters. The number of amides is 2. The molecule has 1 aromatic carbocycles. The zero-order valence-electron chi connectivity index (χ0n) is 21.2. The Kier molecular flexibility index (Phi) is 8.43. The van der Waals surface area contributed by atoms with Gasteiger partial charge in [0.2, 0.25) is 0 Å². The van der Waals surface area contributed by atoms with Crippen molar-refractivity contribution in [3.8, 4) is 5.75 Å². The molecule has 3 heterocycles. The largest absolute Gasteiger partial charge is 0.488 e. The van der Waals surface area contributed by atoms with E-state index in [1.807, 2.05) is 0 Å². The molecule has 4 rings (SSSR count). The first kappa shape index (κ1) is 28.1. The molecular formula is C25H29ClFN3O7S. The van der Waals surface area contributed by atoms with Gasteiger partial charge in [-0.25, -0.2) is 4.39 Å². The van der Waals surface area contributed by atoms with Crippen LogP contribution < -0.4 is 10.3 Å². The number of fused-ring (bicyclic) bond motifs is 3. The van der Waals surface area contributed by atoms with Crippen LogP contribution in [0.1, 0.15) is 51.7 Å². The molecule has 0 spiro atoms. The number of aromatic nitrogens is 1. The summed E-state index contributed by atoms with van der Waals surface area (Å²) in [4.78, 5) is 44.0. The number of carbonyl (C=O) groups is 2. The highest BCUT2D eigenvalue weighted by molar-refractivity contribution is 7.85. The zero-order chi connectivity index (χ0) is 27.6. The van der Waals surface area contributed by atoms with Crippen molar-refractivity contribution in [3.05, 3.63) is 61.8 Å². The number of rotatable bonds is 8. The summed E-state index contributed by atoms with van der Waals surface area (Å²) in [5, 5.41) is -0.0625. The van der Waals surface area contributed by atoms with E-state index >= 15 is 0 Å². The minimum absolute atomic E-state index is 0.00742. The first-order valence-electron chi connectivity index (χ1n) is 12.3. The van der Waals surface area contributed by atoms with Crippen LogP contribution in [0.4, 0.5) is 4.39 Å². The van der Waals surface area contributed by atoms with Crippen LogP contribution in [-0.4, -0.2) is 73.7 Å². The predicted molar refractivity (Wildman–Crippen MR) is 138 cm³/mol. The lowest BCUT2D eigenvalue weighted by Crippen LogP contribution is -2.45.